The zero-order valence-corrected chi connectivity index (χ0v) is 10.7. The minimum absolute atomic E-state index is 0.432. The number of nitrogens with zero attached hydrogens (tertiary/aromatic N) is 1. The summed E-state index contributed by atoms with van der Waals surface area (Å²) in [5.74, 6) is 0.895. The molecule has 1 amide bonds. The molecule has 4 heteroatoms. The summed E-state index contributed by atoms with van der Waals surface area (Å²) in [6.07, 6.45) is 1.78. The smallest absolute Gasteiger partial charge is 0.407 e. The van der Waals surface area contributed by atoms with Crippen LogP contribution in [0.3, 0.4) is 0 Å². The summed E-state index contributed by atoms with van der Waals surface area (Å²) < 4.78 is 5.90. The van der Waals surface area contributed by atoms with E-state index in [4.69, 9.17) is 9.52 Å². The van der Waals surface area contributed by atoms with E-state index < -0.39 is 6.09 Å². The van der Waals surface area contributed by atoms with E-state index in [0.717, 1.165) is 27.9 Å². The predicted octanol–water partition coefficient (Wildman–Crippen LogP) is 3.51. The molecule has 0 fully saturated rings. The fourth-order valence-corrected chi connectivity index (χ4v) is 2.53. The predicted molar refractivity (Wildman–Crippen MR) is 73.1 cm³/mol. The Labute approximate surface area is 110 Å². The van der Waals surface area contributed by atoms with Crippen LogP contribution in [0.4, 0.5) is 4.79 Å². The van der Waals surface area contributed by atoms with Crippen LogP contribution in [-0.2, 0) is 0 Å². The lowest BCUT2D eigenvalue weighted by molar-refractivity contribution is 0.150. The van der Waals surface area contributed by atoms with Crippen LogP contribution in [0.2, 0.25) is 0 Å². The van der Waals surface area contributed by atoms with Gasteiger partial charge in [0.25, 0.3) is 0 Å². The Morgan fingerprint density at radius 3 is 2.79 bits per heavy atom. The Kier molecular flexibility index (Phi) is 2.78. The van der Waals surface area contributed by atoms with Gasteiger partial charge in [-0.3, -0.25) is 0 Å². The second-order valence-corrected chi connectivity index (χ2v) is 4.76. The number of para-hydroxylation sites is 1. The number of furan rings is 1. The zero-order chi connectivity index (χ0) is 13.4. The van der Waals surface area contributed by atoms with Gasteiger partial charge in [0, 0.05) is 24.0 Å². The Bertz CT molecular complexity index is 669. The average Bonchev–Trinajstić information content (AvgIpc) is 2.77. The van der Waals surface area contributed by atoms with E-state index >= 15 is 0 Å². The Balaban J connectivity index is 1.97. The molecule has 0 saturated heterocycles. The van der Waals surface area contributed by atoms with Crippen LogP contribution in [0.1, 0.15) is 17.7 Å². The number of amides is 1. The van der Waals surface area contributed by atoms with Gasteiger partial charge < -0.3 is 14.4 Å². The van der Waals surface area contributed by atoms with Crippen LogP contribution in [0.25, 0.3) is 16.5 Å². The van der Waals surface area contributed by atoms with Crippen molar-refractivity contribution in [2.45, 2.75) is 13.3 Å². The third-order valence-corrected chi connectivity index (χ3v) is 3.61. The first-order chi connectivity index (χ1) is 9.16. The third kappa shape index (κ3) is 1.99. The molecular weight excluding hydrogens is 242 g/mol. The number of hydrogen-bond donors (Lipinski definition) is 1. The van der Waals surface area contributed by atoms with E-state index in [1.165, 1.54) is 4.90 Å². The summed E-state index contributed by atoms with van der Waals surface area (Å²) in [7, 11) is 0. The van der Waals surface area contributed by atoms with Crippen LogP contribution in [0.5, 0.6) is 0 Å². The summed E-state index contributed by atoms with van der Waals surface area (Å²) >= 11 is 0. The molecule has 1 aromatic carbocycles. The first-order valence-electron chi connectivity index (χ1n) is 6.32. The molecule has 4 nitrogen and oxygen atoms in total. The number of rotatable bonds is 1. The molecular formula is C15H15NO3. The van der Waals surface area contributed by atoms with E-state index in [-0.39, 0.29) is 0 Å². The van der Waals surface area contributed by atoms with E-state index in [0.29, 0.717) is 19.5 Å². The molecule has 0 aliphatic carbocycles. The van der Waals surface area contributed by atoms with Crippen LogP contribution in [-0.4, -0.2) is 29.2 Å². The van der Waals surface area contributed by atoms with Crippen molar-refractivity contribution >= 4 is 22.6 Å². The molecule has 0 spiro atoms. The number of benzene rings is 1. The lowest BCUT2D eigenvalue weighted by Crippen LogP contribution is -2.33. The highest BCUT2D eigenvalue weighted by Gasteiger charge is 2.20. The van der Waals surface area contributed by atoms with Gasteiger partial charge >= 0.3 is 6.09 Å². The molecule has 0 unspecified atom stereocenters. The van der Waals surface area contributed by atoms with Crippen molar-refractivity contribution in [3.63, 3.8) is 0 Å². The molecule has 1 N–H and O–H groups in total. The normalized spacial score (nSPS) is 15.6. The van der Waals surface area contributed by atoms with Gasteiger partial charge in [-0.2, -0.15) is 0 Å². The Morgan fingerprint density at radius 2 is 2.16 bits per heavy atom. The monoisotopic (exact) mass is 257 g/mol. The average molecular weight is 257 g/mol. The van der Waals surface area contributed by atoms with Crippen molar-refractivity contribution in [2.24, 2.45) is 0 Å². The number of carbonyl (C=O) groups is 1. The highest BCUT2D eigenvalue weighted by molar-refractivity contribution is 5.86. The number of aryl methyl sites for hydroxylation is 1. The second kappa shape index (κ2) is 4.46. The van der Waals surface area contributed by atoms with Crippen LogP contribution in [0, 0.1) is 6.92 Å². The highest BCUT2D eigenvalue weighted by atomic mass is 16.4. The SMILES string of the molecule is Cc1c(C2=CCN(C(=O)O)CC2)oc2ccccc12. The lowest BCUT2D eigenvalue weighted by atomic mass is 10.0. The second-order valence-electron chi connectivity index (χ2n) is 4.76. The maximum Gasteiger partial charge on any atom is 0.407 e. The fourth-order valence-electron chi connectivity index (χ4n) is 2.53. The summed E-state index contributed by atoms with van der Waals surface area (Å²) in [5.41, 5.74) is 3.12. The van der Waals surface area contributed by atoms with Crippen molar-refractivity contribution < 1.29 is 14.3 Å². The van der Waals surface area contributed by atoms with E-state index in [1.807, 2.05) is 37.3 Å². The summed E-state index contributed by atoms with van der Waals surface area (Å²) in [4.78, 5) is 12.3. The zero-order valence-electron chi connectivity index (χ0n) is 10.7. The first-order valence-corrected chi connectivity index (χ1v) is 6.32. The van der Waals surface area contributed by atoms with Crippen LogP contribution in [0.15, 0.2) is 34.8 Å². The van der Waals surface area contributed by atoms with Gasteiger partial charge in [0.05, 0.1) is 0 Å². The standard InChI is InChI=1S/C15H15NO3/c1-10-12-4-2-3-5-13(12)19-14(10)11-6-8-16(9-7-11)15(17)18/h2-6H,7-9H2,1H3,(H,17,18). The van der Waals surface area contributed by atoms with Crippen LogP contribution < -0.4 is 0 Å². The maximum absolute atomic E-state index is 10.9. The highest BCUT2D eigenvalue weighted by Crippen LogP contribution is 2.32. The maximum atomic E-state index is 10.9. The van der Waals surface area contributed by atoms with Gasteiger partial charge in [-0.05, 0) is 25.0 Å². The largest absolute Gasteiger partial charge is 0.465 e. The summed E-state index contributed by atoms with van der Waals surface area (Å²) in [6, 6.07) is 7.95. The molecule has 98 valence electrons. The fraction of sp³-hybridized carbons (Fsp3) is 0.267. The third-order valence-electron chi connectivity index (χ3n) is 3.61. The van der Waals surface area contributed by atoms with Crippen molar-refractivity contribution in [1.82, 2.24) is 4.90 Å². The molecule has 3 rings (SSSR count). The van der Waals surface area contributed by atoms with Crippen molar-refractivity contribution in [3.05, 3.63) is 41.7 Å². The topological polar surface area (TPSA) is 53.7 Å². The Hall–Kier alpha value is -2.23. The van der Waals surface area contributed by atoms with Gasteiger partial charge in [0.1, 0.15) is 11.3 Å². The lowest BCUT2D eigenvalue weighted by Gasteiger charge is -2.23. The van der Waals surface area contributed by atoms with Gasteiger partial charge in [-0.25, -0.2) is 4.79 Å². The van der Waals surface area contributed by atoms with Gasteiger partial charge in [-0.1, -0.05) is 24.3 Å². The molecule has 0 saturated carbocycles. The van der Waals surface area contributed by atoms with Crippen LogP contribution >= 0.6 is 0 Å². The van der Waals surface area contributed by atoms with E-state index in [2.05, 4.69) is 0 Å². The first kappa shape index (κ1) is 11.8. The van der Waals surface area contributed by atoms with Crippen molar-refractivity contribution in [3.8, 4) is 0 Å². The molecule has 2 aromatic rings. The number of fused-ring (bicyclic) bond motifs is 1. The molecule has 0 radical (unpaired) electrons. The van der Waals surface area contributed by atoms with Gasteiger partial charge in [-0.15, -0.1) is 0 Å². The quantitative estimate of drug-likeness (QED) is 0.850. The molecule has 19 heavy (non-hydrogen) atoms. The van der Waals surface area contributed by atoms with Crippen molar-refractivity contribution in [2.75, 3.05) is 13.1 Å². The minimum Gasteiger partial charge on any atom is -0.465 e. The molecule has 0 atom stereocenters. The van der Waals surface area contributed by atoms with E-state index in [1.54, 1.807) is 0 Å². The number of carboxylic acid groups (broad SMARTS) is 1. The van der Waals surface area contributed by atoms with E-state index in [9.17, 15) is 4.79 Å². The minimum atomic E-state index is -0.864. The molecule has 1 aliphatic rings. The molecule has 1 aliphatic heterocycles. The summed E-state index contributed by atoms with van der Waals surface area (Å²) in [5, 5.41) is 10.1. The Morgan fingerprint density at radius 1 is 1.37 bits per heavy atom. The number of hydrogen-bond acceptors (Lipinski definition) is 2. The van der Waals surface area contributed by atoms with Crippen molar-refractivity contribution in [1.29, 1.82) is 0 Å². The molecule has 1 aromatic heterocycles. The molecule has 2 heterocycles. The van der Waals surface area contributed by atoms with Gasteiger partial charge in [0.2, 0.25) is 0 Å². The van der Waals surface area contributed by atoms with Gasteiger partial charge in [0.15, 0.2) is 0 Å². The molecule has 0 bridgehead atoms. The summed E-state index contributed by atoms with van der Waals surface area (Å²) in [6.45, 7) is 3.00.